The number of hydrogen-bond donors (Lipinski definition) is 0. The van der Waals surface area contributed by atoms with Crippen LogP contribution < -0.4 is 4.90 Å². The molecule has 1 nitrogen and oxygen atoms in total. The van der Waals surface area contributed by atoms with Gasteiger partial charge < -0.3 is 4.90 Å². The summed E-state index contributed by atoms with van der Waals surface area (Å²) in [7, 11) is 0. The molecule has 0 aliphatic heterocycles. The lowest BCUT2D eigenvalue weighted by molar-refractivity contribution is 0.660. The quantitative estimate of drug-likeness (QED) is 0.167. The van der Waals surface area contributed by atoms with Crippen molar-refractivity contribution in [3.05, 3.63) is 269 Å². The van der Waals surface area contributed by atoms with Crippen LogP contribution in [-0.2, 0) is 16.2 Å². The highest BCUT2D eigenvalue weighted by Crippen LogP contribution is 2.66. The van der Waals surface area contributed by atoms with Crippen LogP contribution in [0, 0.1) is 0 Å². The van der Waals surface area contributed by atoms with Gasteiger partial charge in [-0.15, -0.1) is 0 Å². The molecule has 10 aromatic carbocycles. The first-order valence-electron chi connectivity index (χ1n) is 24.2. The van der Waals surface area contributed by atoms with Crippen molar-refractivity contribution in [2.24, 2.45) is 0 Å². The van der Waals surface area contributed by atoms with Crippen LogP contribution in [0.5, 0.6) is 0 Å². The summed E-state index contributed by atoms with van der Waals surface area (Å²) in [6.45, 7) is 9.52. The summed E-state index contributed by atoms with van der Waals surface area (Å²) in [5.41, 5.74) is 29.5. The molecule has 0 saturated carbocycles. The van der Waals surface area contributed by atoms with Gasteiger partial charge in [-0.25, -0.2) is 0 Å². The van der Waals surface area contributed by atoms with Crippen molar-refractivity contribution in [3.8, 4) is 66.8 Å². The van der Waals surface area contributed by atoms with Crippen molar-refractivity contribution < 1.29 is 0 Å². The normalized spacial score (nSPS) is 16.5. The summed E-state index contributed by atoms with van der Waals surface area (Å²) in [4.78, 5) is 2.43. The van der Waals surface area contributed by atoms with E-state index in [-0.39, 0.29) is 10.8 Å². The number of benzene rings is 10. The Morgan fingerprint density at radius 3 is 1.31 bits per heavy atom. The molecule has 4 aliphatic carbocycles. The molecule has 14 rings (SSSR count). The molecule has 0 bridgehead atoms. The van der Waals surface area contributed by atoms with Gasteiger partial charge in [0.25, 0.3) is 0 Å². The van der Waals surface area contributed by atoms with E-state index in [1.807, 2.05) is 0 Å². The average Bonchev–Trinajstić information content (AvgIpc) is 4.02. The van der Waals surface area contributed by atoms with Crippen LogP contribution in [0.4, 0.5) is 17.1 Å². The maximum absolute atomic E-state index is 2.52. The first-order chi connectivity index (χ1) is 33.2. The Morgan fingerprint density at radius 2 is 0.647 bits per heavy atom. The van der Waals surface area contributed by atoms with E-state index in [0.29, 0.717) is 0 Å². The van der Waals surface area contributed by atoms with Gasteiger partial charge in [0.05, 0.1) is 5.41 Å². The summed E-state index contributed by atoms with van der Waals surface area (Å²) in [5.74, 6) is 0. The van der Waals surface area contributed by atoms with Gasteiger partial charge in [0.15, 0.2) is 0 Å². The average molecular weight is 868 g/mol. The molecule has 0 heterocycles. The van der Waals surface area contributed by atoms with E-state index < -0.39 is 5.41 Å². The summed E-state index contributed by atoms with van der Waals surface area (Å²) in [6, 6.07) is 84.7. The Bertz CT molecular complexity index is 3720. The molecule has 1 heteroatoms. The summed E-state index contributed by atoms with van der Waals surface area (Å²) in [6.07, 6.45) is 0. The molecule has 4 aliphatic rings. The predicted octanol–water partition coefficient (Wildman–Crippen LogP) is 17.4. The second-order valence-electron chi connectivity index (χ2n) is 20.4. The third kappa shape index (κ3) is 5.17. The first-order valence-corrected chi connectivity index (χ1v) is 24.2. The third-order valence-electron chi connectivity index (χ3n) is 16.3. The number of hydrogen-bond acceptors (Lipinski definition) is 1. The molecule has 0 N–H and O–H groups in total. The summed E-state index contributed by atoms with van der Waals surface area (Å²) >= 11 is 0. The lowest BCUT2D eigenvalue weighted by Gasteiger charge is -2.31. The van der Waals surface area contributed by atoms with Crippen molar-refractivity contribution >= 4 is 17.1 Å². The molecule has 0 radical (unpaired) electrons. The smallest absolute Gasteiger partial charge is 0.0725 e. The Balaban J connectivity index is 0.913. The van der Waals surface area contributed by atoms with Crippen molar-refractivity contribution in [1.82, 2.24) is 0 Å². The minimum Gasteiger partial charge on any atom is -0.310 e. The van der Waals surface area contributed by atoms with E-state index >= 15 is 0 Å². The Morgan fingerprint density at radius 1 is 0.250 bits per heavy atom. The van der Waals surface area contributed by atoms with Crippen LogP contribution in [0.3, 0.4) is 0 Å². The standard InChI is InChI=1S/C67H49N/c1-65(2)56-23-13-10-20-53(56)63-59(65)38-39-60-64(63)54-21-11-15-25-58(54)67(60)57-24-14-9-19-50(57)52-36-30-45(40-62(52)67)44-28-33-47(34-29-44)68(46-31-26-43(27-32-46)42-16-6-5-7-17-42)48-35-37-51-49-18-8-12-22-55(49)66(3,4)61(51)41-48/h5-41H,1-4H3. The van der Waals surface area contributed by atoms with Crippen LogP contribution in [0.25, 0.3) is 66.8 Å². The highest BCUT2D eigenvalue weighted by molar-refractivity contribution is 6.03. The van der Waals surface area contributed by atoms with E-state index in [0.717, 1.165) is 17.1 Å². The molecule has 322 valence electrons. The van der Waals surface area contributed by atoms with Crippen LogP contribution in [0.15, 0.2) is 224 Å². The SMILES string of the molecule is CC1(C)c2ccccc2-c2ccc(N(c3ccc(-c4ccccc4)cc3)c3ccc(-c4ccc5c(c4)C4(c6ccccc6-5)c5ccccc5-c5c4ccc4c5-c5ccccc5C4(C)C)cc3)cc21. The number of nitrogens with zero attached hydrogens (tertiary/aromatic N) is 1. The fraction of sp³-hybridized carbons (Fsp3) is 0.104. The predicted molar refractivity (Wildman–Crippen MR) is 283 cm³/mol. The third-order valence-corrected chi connectivity index (χ3v) is 16.3. The highest BCUT2D eigenvalue weighted by Gasteiger charge is 2.53. The molecule has 0 fully saturated rings. The Kier molecular flexibility index (Phi) is 8.08. The van der Waals surface area contributed by atoms with Gasteiger partial charge in [-0.3, -0.25) is 0 Å². The highest BCUT2D eigenvalue weighted by atomic mass is 15.1. The first kappa shape index (κ1) is 39.2. The summed E-state index contributed by atoms with van der Waals surface area (Å²) in [5, 5.41) is 0. The second kappa shape index (κ2) is 14.0. The van der Waals surface area contributed by atoms with Crippen molar-refractivity contribution in [2.75, 3.05) is 4.90 Å². The molecule has 68 heavy (non-hydrogen) atoms. The van der Waals surface area contributed by atoms with Gasteiger partial charge in [0.1, 0.15) is 0 Å². The fourth-order valence-electron chi connectivity index (χ4n) is 13.1. The van der Waals surface area contributed by atoms with E-state index in [4.69, 9.17) is 0 Å². The molecule has 1 unspecified atom stereocenters. The monoisotopic (exact) mass is 867 g/mol. The molecule has 0 aromatic heterocycles. The molecular weight excluding hydrogens is 819 g/mol. The topological polar surface area (TPSA) is 3.24 Å². The summed E-state index contributed by atoms with van der Waals surface area (Å²) < 4.78 is 0. The number of fused-ring (bicyclic) bond motifs is 17. The van der Waals surface area contributed by atoms with Crippen molar-refractivity contribution in [3.63, 3.8) is 0 Å². The van der Waals surface area contributed by atoms with Gasteiger partial charge in [-0.05, 0) is 154 Å². The molecular formula is C67H49N. The van der Waals surface area contributed by atoms with E-state index in [1.54, 1.807) is 0 Å². The zero-order valence-electron chi connectivity index (χ0n) is 38.8. The van der Waals surface area contributed by atoms with Gasteiger partial charge in [-0.1, -0.05) is 210 Å². The van der Waals surface area contributed by atoms with Crippen LogP contribution in [0.1, 0.15) is 72.2 Å². The molecule has 0 saturated heterocycles. The zero-order valence-corrected chi connectivity index (χ0v) is 38.8. The Hall–Kier alpha value is -8.00. The molecule has 0 amide bonds. The van der Waals surface area contributed by atoms with E-state index in [9.17, 15) is 0 Å². The minimum absolute atomic E-state index is 0.0827. The zero-order chi connectivity index (χ0) is 45.5. The van der Waals surface area contributed by atoms with Gasteiger partial charge in [0.2, 0.25) is 0 Å². The second-order valence-corrected chi connectivity index (χ2v) is 20.4. The van der Waals surface area contributed by atoms with E-state index in [2.05, 4.69) is 257 Å². The number of anilines is 3. The van der Waals surface area contributed by atoms with Crippen molar-refractivity contribution in [1.29, 1.82) is 0 Å². The molecule has 1 spiro atoms. The fourth-order valence-corrected chi connectivity index (χ4v) is 13.1. The maximum atomic E-state index is 2.52. The van der Waals surface area contributed by atoms with Crippen LogP contribution in [-0.4, -0.2) is 0 Å². The lowest BCUT2D eigenvalue weighted by atomic mass is 9.69. The largest absolute Gasteiger partial charge is 0.310 e. The van der Waals surface area contributed by atoms with Crippen molar-refractivity contribution in [2.45, 2.75) is 43.9 Å². The molecule has 10 aromatic rings. The van der Waals surface area contributed by atoms with Crippen LogP contribution in [0.2, 0.25) is 0 Å². The van der Waals surface area contributed by atoms with Gasteiger partial charge in [-0.2, -0.15) is 0 Å². The van der Waals surface area contributed by atoms with E-state index in [1.165, 1.54) is 111 Å². The maximum Gasteiger partial charge on any atom is 0.0725 e. The molecule has 1 atom stereocenters. The van der Waals surface area contributed by atoms with Gasteiger partial charge >= 0.3 is 0 Å². The lowest BCUT2D eigenvalue weighted by Crippen LogP contribution is -2.26. The Labute approximate surface area is 399 Å². The number of rotatable bonds is 5. The van der Waals surface area contributed by atoms with Gasteiger partial charge in [0, 0.05) is 27.9 Å². The minimum atomic E-state index is -0.450. The van der Waals surface area contributed by atoms with Crippen LogP contribution >= 0.6 is 0 Å².